The van der Waals surface area contributed by atoms with Gasteiger partial charge in [-0.2, -0.15) is 13.2 Å². The molecule has 0 unspecified atom stereocenters. The highest BCUT2D eigenvalue weighted by atomic mass is 32.1. The molecule has 3 nitrogen and oxygen atoms in total. The van der Waals surface area contributed by atoms with Crippen molar-refractivity contribution in [1.82, 2.24) is 0 Å². The first-order chi connectivity index (χ1) is 11.5. The molecule has 0 spiro atoms. The van der Waals surface area contributed by atoms with E-state index in [-0.39, 0.29) is 10.8 Å². The number of anilines is 2. The summed E-state index contributed by atoms with van der Waals surface area (Å²) in [5, 5.41) is 5.18. The minimum absolute atomic E-state index is 0.0242. The summed E-state index contributed by atoms with van der Waals surface area (Å²) in [5.41, 5.74) is -0.391. The molecule has 0 bridgehead atoms. The van der Waals surface area contributed by atoms with Crippen LogP contribution in [0.15, 0.2) is 48.5 Å². The minimum atomic E-state index is -4.80. The highest BCUT2D eigenvalue weighted by molar-refractivity contribution is 7.80. The number of halogens is 6. The van der Waals surface area contributed by atoms with E-state index >= 15 is 0 Å². The molecule has 2 rings (SSSR count). The molecular formula is C15H10F6N2OS. The van der Waals surface area contributed by atoms with Crippen molar-refractivity contribution in [2.45, 2.75) is 12.5 Å². The highest BCUT2D eigenvalue weighted by Gasteiger charge is 2.31. The van der Waals surface area contributed by atoms with Gasteiger partial charge in [-0.3, -0.25) is 0 Å². The third kappa shape index (κ3) is 6.14. The predicted octanol–water partition coefficient (Wildman–Crippen LogP) is 5.41. The minimum Gasteiger partial charge on any atom is -0.406 e. The van der Waals surface area contributed by atoms with Gasteiger partial charge in [0.05, 0.1) is 5.56 Å². The molecular weight excluding hydrogens is 370 g/mol. The van der Waals surface area contributed by atoms with Gasteiger partial charge in [-0.15, -0.1) is 13.2 Å². The molecule has 0 heterocycles. The number of ether oxygens (including phenoxy) is 1. The Morgan fingerprint density at radius 2 is 1.44 bits per heavy atom. The summed E-state index contributed by atoms with van der Waals surface area (Å²) in [6, 6.07) is 9.11. The van der Waals surface area contributed by atoms with Crippen LogP contribution in [0, 0.1) is 0 Å². The van der Waals surface area contributed by atoms with Gasteiger partial charge >= 0.3 is 12.5 Å². The molecule has 0 amide bonds. The molecule has 0 fully saturated rings. The van der Waals surface area contributed by atoms with Crippen molar-refractivity contribution in [3.8, 4) is 5.75 Å². The first-order valence-electron chi connectivity index (χ1n) is 6.64. The molecule has 10 heteroatoms. The van der Waals surface area contributed by atoms with Crippen molar-refractivity contribution in [3.05, 3.63) is 54.1 Å². The van der Waals surface area contributed by atoms with Crippen molar-refractivity contribution in [3.63, 3.8) is 0 Å². The maximum Gasteiger partial charge on any atom is 0.573 e. The topological polar surface area (TPSA) is 33.3 Å². The quantitative estimate of drug-likeness (QED) is 0.551. The Morgan fingerprint density at radius 3 is 2.00 bits per heavy atom. The van der Waals surface area contributed by atoms with Crippen LogP contribution in [0.5, 0.6) is 5.75 Å². The fraction of sp³-hybridized carbons (Fsp3) is 0.133. The predicted molar refractivity (Wildman–Crippen MR) is 84.4 cm³/mol. The van der Waals surface area contributed by atoms with E-state index in [1.165, 1.54) is 24.3 Å². The van der Waals surface area contributed by atoms with E-state index in [0.29, 0.717) is 5.69 Å². The van der Waals surface area contributed by atoms with E-state index in [1.54, 1.807) is 0 Å². The van der Waals surface area contributed by atoms with Gasteiger partial charge in [-0.25, -0.2) is 0 Å². The summed E-state index contributed by atoms with van der Waals surface area (Å²) in [5.74, 6) is -0.408. The van der Waals surface area contributed by atoms with Crippen LogP contribution in [0.3, 0.4) is 0 Å². The van der Waals surface area contributed by atoms with Crippen LogP contribution in [-0.4, -0.2) is 11.5 Å². The first kappa shape index (κ1) is 18.8. The average Bonchev–Trinajstić information content (AvgIpc) is 2.47. The zero-order chi connectivity index (χ0) is 18.7. The number of nitrogens with one attached hydrogen (secondary N) is 2. The molecule has 0 aliphatic carbocycles. The van der Waals surface area contributed by atoms with Gasteiger partial charge in [0.2, 0.25) is 0 Å². The zero-order valence-corrected chi connectivity index (χ0v) is 13.0. The first-order valence-corrected chi connectivity index (χ1v) is 7.05. The molecule has 0 saturated carbocycles. The third-order valence-electron chi connectivity index (χ3n) is 2.79. The summed E-state index contributed by atoms with van der Waals surface area (Å²) >= 11 is 4.96. The number of rotatable bonds is 3. The highest BCUT2D eigenvalue weighted by Crippen LogP contribution is 2.30. The molecule has 0 aliphatic heterocycles. The second kappa shape index (κ2) is 7.18. The molecule has 134 valence electrons. The van der Waals surface area contributed by atoms with E-state index in [4.69, 9.17) is 12.2 Å². The van der Waals surface area contributed by atoms with Crippen LogP contribution in [0.1, 0.15) is 5.56 Å². The van der Waals surface area contributed by atoms with Crippen LogP contribution in [0.25, 0.3) is 0 Å². The maximum atomic E-state index is 12.6. The van der Waals surface area contributed by atoms with E-state index in [0.717, 1.165) is 24.3 Å². The van der Waals surface area contributed by atoms with Crippen LogP contribution < -0.4 is 15.4 Å². The van der Waals surface area contributed by atoms with Crippen LogP contribution in [-0.2, 0) is 6.18 Å². The fourth-order valence-electron chi connectivity index (χ4n) is 1.81. The van der Waals surface area contributed by atoms with Crippen LogP contribution in [0.2, 0.25) is 0 Å². The van der Waals surface area contributed by atoms with Crippen molar-refractivity contribution in [1.29, 1.82) is 0 Å². The Hall–Kier alpha value is -2.49. The SMILES string of the molecule is FC(F)(F)Oc1ccc(NC(=S)Nc2cccc(C(F)(F)F)c2)cc1. The Bertz CT molecular complexity index is 743. The number of thiocarbonyl (C=S) groups is 1. The van der Waals surface area contributed by atoms with Gasteiger partial charge in [-0.05, 0) is 54.7 Å². The van der Waals surface area contributed by atoms with E-state index in [9.17, 15) is 26.3 Å². The fourth-order valence-corrected chi connectivity index (χ4v) is 2.04. The molecule has 0 atom stereocenters. The van der Waals surface area contributed by atoms with Gasteiger partial charge in [-0.1, -0.05) is 6.07 Å². The normalized spacial score (nSPS) is 11.8. The Balaban J connectivity index is 1.99. The number of hydrogen-bond donors (Lipinski definition) is 2. The largest absolute Gasteiger partial charge is 0.573 e. The smallest absolute Gasteiger partial charge is 0.406 e. The van der Waals surface area contributed by atoms with Crippen molar-refractivity contribution >= 4 is 28.7 Å². The van der Waals surface area contributed by atoms with Crippen molar-refractivity contribution in [2.24, 2.45) is 0 Å². The lowest BCUT2D eigenvalue weighted by Crippen LogP contribution is -2.20. The molecule has 0 radical (unpaired) electrons. The molecule has 2 aromatic carbocycles. The number of benzene rings is 2. The van der Waals surface area contributed by atoms with Crippen molar-refractivity contribution in [2.75, 3.05) is 10.6 Å². The second-order valence-corrected chi connectivity index (χ2v) is 5.14. The average molecular weight is 380 g/mol. The lowest BCUT2D eigenvalue weighted by atomic mass is 10.2. The lowest BCUT2D eigenvalue weighted by molar-refractivity contribution is -0.274. The third-order valence-corrected chi connectivity index (χ3v) is 3.00. The van der Waals surface area contributed by atoms with Gasteiger partial charge < -0.3 is 15.4 Å². The molecule has 25 heavy (non-hydrogen) atoms. The molecule has 2 N–H and O–H groups in total. The second-order valence-electron chi connectivity index (χ2n) is 4.73. The lowest BCUT2D eigenvalue weighted by Gasteiger charge is -2.13. The van der Waals surface area contributed by atoms with E-state index in [2.05, 4.69) is 15.4 Å². The van der Waals surface area contributed by atoms with Gasteiger partial charge in [0, 0.05) is 11.4 Å². The molecule has 2 aromatic rings. The number of hydrogen-bond acceptors (Lipinski definition) is 2. The Labute approximate surface area is 143 Å². The Kier molecular flexibility index (Phi) is 5.41. The van der Waals surface area contributed by atoms with Crippen molar-refractivity contribution < 1.29 is 31.1 Å². The molecule has 0 aromatic heterocycles. The maximum absolute atomic E-state index is 12.6. The van der Waals surface area contributed by atoms with E-state index in [1.807, 2.05) is 0 Å². The van der Waals surface area contributed by atoms with E-state index < -0.39 is 23.9 Å². The molecule has 0 saturated heterocycles. The van der Waals surface area contributed by atoms with Gasteiger partial charge in [0.25, 0.3) is 0 Å². The number of alkyl halides is 6. The van der Waals surface area contributed by atoms with Gasteiger partial charge in [0.15, 0.2) is 5.11 Å². The Morgan fingerprint density at radius 1 is 0.840 bits per heavy atom. The summed E-state index contributed by atoms with van der Waals surface area (Å²) in [4.78, 5) is 0. The molecule has 0 aliphatic rings. The zero-order valence-electron chi connectivity index (χ0n) is 12.2. The monoisotopic (exact) mass is 380 g/mol. The summed E-state index contributed by atoms with van der Waals surface area (Å²) in [6.45, 7) is 0. The summed E-state index contributed by atoms with van der Waals surface area (Å²) < 4.78 is 77.8. The van der Waals surface area contributed by atoms with Gasteiger partial charge in [0.1, 0.15) is 5.75 Å². The van der Waals surface area contributed by atoms with Crippen LogP contribution >= 0.6 is 12.2 Å². The summed E-state index contributed by atoms with van der Waals surface area (Å²) in [6.07, 6.45) is -9.28. The van der Waals surface area contributed by atoms with Crippen LogP contribution in [0.4, 0.5) is 37.7 Å². The summed E-state index contributed by atoms with van der Waals surface area (Å²) in [7, 11) is 0. The standard InChI is InChI=1S/C15H10F6N2OS/c16-14(17,18)9-2-1-3-11(8-9)23-13(25)22-10-4-6-12(7-5-10)24-15(19,20)21/h1-8H,(H2,22,23,25).